The molecule has 0 aromatic carbocycles. The van der Waals surface area contributed by atoms with Crippen molar-refractivity contribution in [3.8, 4) is 9.75 Å². The van der Waals surface area contributed by atoms with Crippen LogP contribution >= 0.6 is 38.6 Å². The van der Waals surface area contributed by atoms with E-state index < -0.39 is 0 Å². The molecule has 0 radical (unpaired) electrons. The van der Waals surface area contributed by atoms with Crippen molar-refractivity contribution in [2.24, 2.45) is 5.73 Å². The summed E-state index contributed by atoms with van der Waals surface area (Å²) >= 11 is 7.09. The molecule has 0 aliphatic carbocycles. The third-order valence-electron chi connectivity index (χ3n) is 2.00. The summed E-state index contributed by atoms with van der Waals surface area (Å²) in [6.07, 6.45) is 0.969. The maximum atomic E-state index is 5.78. The minimum absolute atomic E-state index is 0.242. The lowest BCUT2D eigenvalue weighted by molar-refractivity contribution is 0.746. The molecule has 0 spiro atoms. The van der Waals surface area contributed by atoms with E-state index in [0.717, 1.165) is 6.42 Å². The maximum Gasteiger partial charge on any atom is 0.0705 e. The van der Waals surface area contributed by atoms with E-state index in [9.17, 15) is 0 Å². The predicted molar refractivity (Wildman–Crippen MR) is 72.7 cm³/mol. The van der Waals surface area contributed by atoms with Crippen molar-refractivity contribution in [3.05, 3.63) is 32.9 Å². The topological polar surface area (TPSA) is 26.0 Å². The zero-order chi connectivity index (χ0) is 10.8. The number of rotatable bonds is 3. The molecular formula is C11H12BrNS2. The van der Waals surface area contributed by atoms with Gasteiger partial charge in [0.2, 0.25) is 0 Å². The number of halogens is 1. The predicted octanol–water partition coefficient (Wildman–Crippen LogP) is 4.13. The van der Waals surface area contributed by atoms with Gasteiger partial charge in [-0.15, -0.1) is 22.7 Å². The minimum atomic E-state index is 0.242. The summed E-state index contributed by atoms with van der Waals surface area (Å²) in [5.41, 5.74) is 5.78. The number of hydrogen-bond acceptors (Lipinski definition) is 3. The average Bonchev–Trinajstić information content (AvgIpc) is 2.72. The molecule has 0 saturated carbocycles. The SMILES string of the molecule is CC(N)Cc1ccc(-c2ccc(Br)s2)s1. The van der Waals surface area contributed by atoms with Crippen LogP contribution < -0.4 is 5.73 Å². The van der Waals surface area contributed by atoms with E-state index in [0.29, 0.717) is 0 Å². The zero-order valence-corrected chi connectivity index (χ0v) is 11.6. The highest BCUT2D eigenvalue weighted by molar-refractivity contribution is 9.11. The lowest BCUT2D eigenvalue weighted by Crippen LogP contribution is -2.16. The first-order valence-corrected chi connectivity index (χ1v) is 7.18. The van der Waals surface area contributed by atoms with Gasteiger partial charge in [0, 0.05) is 20.7 Å². The molecule has 0 bridgehead atoms. The third-order valence-corrected chi connectivity index (χ3v) is 4.93. The summed E-state index contributed by atoms with van der Waals surface area (Å²) in [5, 5.41) is 0. The summed E-state index contributed by atoms with van der Waals surface area (Å²) in [6, 6.07) is 8.84. The van der Waals surface area contributed by atoms with E-state index in [-0.39, 0.29) is 6.04 Å². The second-order valence-corrected chi connectivity index (χ2v) is 7.18. The summed E-state index contributed by atoms with van der Waals surface area (Å²) < 4.78 is 1.18. The highest BCUT2D eigenvalue weighted by atomic mass is 79.9. The molecule has 0 fully saturated rings. The molecule has 2 N–H and O–H groups in total. The molecule has 0 aliphatic rings. The number of hydrogen-bond donors (Lipinski definition) is 1. The van der Waals surface area contributed by atoms with E-state index in [4.69, 9.17) is 5.73 Å². The molecule has 2 rings (SSSR count). The summed E-state index contributed by atoms with van der Waals surface area (Å²) in [4.78, 5) is 4.02. The molecule has 2 heterocycles. The van der Waals surface area contributed by atoms with Crippen LogP contribution in [0, 0.1) is 0 Å². The van der Waals surface area contributed by atoms with Crippen LogP contribution in [0.4, 0.5) is 0 Å². The normalized spacial score (nSPS) is 13.0. The Bertz CT molecular complexity index is 445. The van der Waals surface area contributed by atoms with Crippen LogP contribution in [0.15, 0.2) is 28.1 Å². The van der Waals surface area contributed by atoms with Crippen LogP contribution in [-0.2, 0) is 6.42 Å². The Hall–Kier alpha value is -0.160. The maximum absolute atomic E-state index is 5.78. The molecule has 80 valence electrons. The molecule has 0 amide bonds. The Morgan fingerprint density at radius 3 is 2.47 bits per heavy atom. The lowest BCUT2D eigenvalue weighted by atomic mass is 10.2. The standard InChI is InChI=1S/C11H12BrNS2/c1-7(13)6-8-2-3-9(14-8)10-4-5-11(12)15-10/h2-5,7H,6,13H2,1H3. The van der Waals surface area contributed by atoms with Crippen molar-refractivity contribution in [1.29, 1.82) is 0 Å². The molecular weight excluding hydrogens is 290 g/mol. The quantitative estimate of drug-likeness (QED) is 0.906. The van der Waals surface area contributed by atoms with Gasteiger partial charge in [0.05, 0.1) is 3.79 Å². The fraction of sp³-hybridized carbons (Fsp3) is 0.273. The van der Waals surface area contributed by atoms with Crippen molar-refractivity contribution in [2.45, 2.75) is 19.4 Å². The smallest absolute Gasteiger partial charge is 0.0705 e. The molecule has 4 heteroatoms. The molecule has 2 aromatic rings. The van der Waals surface area contributed by atoms with Crippen molar-refractivity contribution in [3.63, 3.8) is 0 Å². The van der Waals surface area contributed by atoms with Crippen molar-refractivity contribution < 1.29 is 0 Å². The highest BCUT2D eigenvalue weighted by Crippen LogP contribution is 2.35. The van der Waals surface area contributed by atoms with E-state index in [1.165, 1.54) is 18.4 Å². The largest absolute Gasteiger partial charge is 0.328 e. The van der Waals surface area contributed by atoms with Crippen LogP contribution in [0.3, 0.4) is 0 Å². The summed E-state index contributed by atoms with van der Waals surface area (Å²) in [5.74, 6) is 0. The van der Waals surface area contributed by atoms with Crippen LogP contribution in [-0.4, -0.2) is 6.04 Å². The lowest BCUT2D eigenvalue weighted by Gasteiger charge is -1.99. The van der Waals surface area contributed by atoms with Gasteiger partial charge in [0.1, 0.15) is 0 Å². The average molecular weight is 302 g/mol. The van der Waals surface area contributed by atoms with Crippen LogP contribution in [0.1, 0.15) is 11.8 Å². The Balaban J connectivity index is 2.20. The van der Waals surface area contributed by atoms with Gasteiger partial charge < -0.3 is 5.73 Å². The molecule has 15 heavy (non-hydrogen) atoms. The van der Waals surface area contributed by atoms with Crippen molar-refractivity contribution >= 4 is 38.6 Å². The van der Waals surface area contributed by atoms with Gasteiger partial charge in [-0.1, -0.05) is 0 Å². The Morgan fingerprint density at radius 2 is 1.87 bits per heavy atom. The Labute approximate surface area is 106 Å². The van der Waals surface area contributed by atoms with Crippen molar-refractivity contribution in [2.75, 3.05) is 0 Å². The van der Waals surface area contributed by atoms with Gasteiger partial charge in [-0.3, -0.25) is 0 Å². The van der Waals surface area contributed by atoms with Gasteiger partial charge >= 0.3 is 0 Å². The first-order chi connectivity index (χ1) is 7.15. The van der Waals surface area contributed by atoms with E-state index in [1.54, 1.807) is 11.3 Å². The molecule has 0 saturated heterocycles. The molecule has 2 aromatic heterocycles. The third kappa shape index (κ3) is 2.91. The fourth-order valence-corrected chi connectivity index (χ4v) is 4.01. The Morgan fingerprint density at radius 1 is 1.20 bits per heavy atom. The zero-order valence-electron chi connectivity index (χ0n) is 8.37. The minimum Gasteiger partial charge on any atom is -0.328 e. The Kier molecular flexibility index (Phi) is 3.61. The van der Waals surface area contributed by atoms with Gasteiger partial charge in [-0.05, 0) is 53.5 Å². The van der Waals surface area contributed by atoms with Gasteiger partial charge in [-0.25, -0.2) is 0 Å². The number of nitrogens with two attached hydrogens (primary N) is 1. The molecule has 0 aliphatic heterocycles. The summed E-state index contributed by atoms with van der Waals surface area (Å²) in [7, 11) is 0. The molecule has 1 nitrogen and oxygen atoms in total. The van der Waals surface area contributed by atoms with Crippen LogP contribution in [0.5, 0.6) is 0 Å². The summed E-state index contributed by atoms with van der Waals surface area (Å²) in [6.45, 7) is 2.04. The van der Waals surface area contributed by atoms with Crippen LogP contribution in [0.2, 0.25) is 0 Å². The van der Waals surface area contributed by atoms with Crippen LogP contribution in [0.25, 0.3) is 9.75 Å². The second kappa shape index (κ2) is 4.78. The van der Waals surface area contributed by atoms with E-state index in [2.05, 4.69) is 40.2 Å². The number of thiophene rings is 2. The van der Waals surface area contributed by atoms with Gasteiger partial charge in [0.25, 0.3) is 0 Å². The highest BCUT2D eigenvalue weighted by Gasteiger charge is 2.06. The fourth-order valence-electron chi connectivity index (χ4n) is 1.38. The van der Waals surface area contributed by atoms with E-state index in [1.807, 2.05) is 18.3 Å². The first-order valence-electron chi connectivity index (χ1n) is 4.75. The van der Waals surface area contributed by atoms with Crippen molar-refractivity contribution in [1.82, 2.24) is 0 Å². The first kappa shape index (κ1) is 11.3. The van der Waals surface area contributed by atoms with Gasteiger partial charge in [-0.2, -0.15) is 0 Å². The molecule has 1 atom stereocenters. The molecule has 1 unspecified atom stereocenters. The second-order valence-electron chi connectivity index (χ2n) is 3.55. The van der Waals surface area contributed by atoms with Gasteiger partial charge in [0.15, 0.2) is 0 Å². The van der Waals surface area contributed by atoms with E-state index >= 15 is 0 Å². The monoisotopic (exact) mass is 301 g/mol.